The average Bonchev–Trinajstić information content (AvgIpc) is 0.722. The van der Waals surface area contributed by atoms with Gasteiger partial charge in [-0.3, -0.25) is 0 Å². The van der Waals surface area contributed by atoms with Crippen molar-refractivity contribution in [3.8, 4) is 0 Å². The van der Waals surface area contributed by atoms with E-state index in [9.17, 15) is 0 Å². The fourth-order valence-electron chi connectivity index (χ4n) is 0. The van der Waals surface area contributed by atoms with Gasteiger partial charge in [0.05, 0.1) is 0 Å². The molecule has 0 fully saturated rings. The number of rotatable bonds is 0. The molecule has 0 aliphatic heterocycles. The van der Waals surface area contributed by atoms with Crippen LogP contribution in [0.2, 0.25) is 0 Å². The molecule has 0 aromatic heterocycles. The Morgan fingerprint density at radius 3 is 1.20 bits per heavy atom. The summed E-state index contributed by atoms with van der Waals surface area (Å²) in [6, 6.07) is 0. The van der Waals surface area contributed by atoms with E-state index in [0.29, 0.717) is 0 Å². The molecule has 0 amide bonds. The monoisotopic (exact) mass is 94.1 g/mol. The SMILES string of the molecule is C[PH](C)(N)N. The van der Waals surface area contributed by atoms with Crippen LogP contribution in [0.15, 0.2) is 0 Å². The van der Waals surface area contributed by atoms with Crippen LogP contribution in [0.1, 0.15) is 0 Å². The van der Waals surface area contributed by atoms with Gasteiger partial charge in [0.2, 0.25) is 0 Å². The molecule has 0 aliphatic rings. The molecule has 0 heterocycles. The van der Waals surface area contributed by atoms with Crippen molar-refractivity contribution in [2.75, 3.05) is 13.3 Å². The first-order valence-corrected chi connectivity index (χ1v) is 4.73. The predicted octanol–water partition coefficient (Wildman–Crippen LogP) is -0.257. The van der Waals surface area contributed by atoms with Crippen molar-refractivity contribution in [2.24, 2.45) is 11.0 Å². The first-order valence-electron chi connectivity index (χ1n) is 1.58. The zero-order valence-electron chi connectivity index (χ0n) is 3.65. The summed E-state index contributed by atoms with van der Waals surface area (Å²) >= 11 is 0. The molecule has 5 heavy (non-hydrogen) atoms. The summed E-state index contributed by atoms with van der Waals surface area (Å²) in [5.74, 6) is 0. The van der Waals surface area contributed by atoms with Crippen molar-refractivity contribution >= 4 is 7.56 Å². The van der Waals surface area contributed by atoms with Crippen LogP contribution in [-0.2, 0) is 0 Å². The Morgan fingerprint density at radius 1 is 1.20 bits per heavy atom. The van der Waals surface area contributed by atoms with Gasteiger partial charge in [-0.05, 0) is 0 Å². The molecule has 0 atom stereocenters. The molecule has 0 spiro atoms. The summed E-state index contributed by atoms with van der Waals surface area (Å²) in [6.07, 6.45) is 0. The summed E-state index contributed by atoms with van der Waals surface area (Å²) in [7, 11) is -1.61. The third-order valence-electron chi connectivity index (χ3n) is 0. The number of nitrogens with two attached hydrogens (primary N) is 2. The van der Waals surface area contributed by atoms with Crippen LogP contribution in [0, 0.1) is 0 Å². The molecule has 3 heteroatoms. The van der Waals surface area contributed by atoms with Gasteiger partial charge in [0, 0.05) is 0 Å². The summed E-state index contributed by atoms with van der Waals surface area (Å²) in [4.78, 5) is 0. The Hall–Kier alpha value is 0.350. The first kappa shape index (κ1) is 5.35. The van der Waals surface area contributed by atoms with Crippen LogP contribution in [0.3, 0.4) is 0 Å². The van der Waals surface area contributed by atoms with E-state index >= 15 is 0 Å². The number of hydrogen-bond donors (Lipinski definition) is 2. The topological polar surface area (TPSA) is 52.0 Å². The van der Waals surface area contributed by atoms with E-state index in [0.717, 1.165) is 0 Å². The van der Waals surface area contributed by atoms with Crippen LogP contribution in [0.4, 0.5) is 0 Å². The van der Waals surface area contributed by atoms with Crippen molar-refractivity contribution in [3.63, 3.8) is 0 Å². The molecule has 0 saturated heterocycles. The van der Waals surface area contributed by atoms with Gasteiger partial charge < -0.3 is 0 Å². The minimum absolute atomic E-state index is 1.61. The Morgan fingerprint density at radius 2 is 1.20 bits per heavy atom. The Balaban J connectivity index is 3.02. The van der Waals surface area contributed by atoms with Gasteiger partial charge in [-0.1, -0.05) is 0 Å². The van der Waals surface area contributed by atoms with Crippen molar-refractivity contribution in [1.29, 1.82) is 0 Å². The quantitative estimate of drug-likeness (QED) is 0.406. The summed E-state index contributed by atoms with van der Waals surface area (Å²) < 4.78 is 0. The van der Waals surface area contributed by atoms with E-state index in [1.54, 1.807) is 0 Å². The summed E-state index contributed by atoms with van der Waals surface area (Å²) in [5, 5.41) is 0. The van der Waals surface area contributed by atoms with E-state index in [4.69, 9.17) is 11.0 Å². The molecule has 0 unspecified atom stereocenters. The van der Waals surface area contributed by atoms with Crippen molar-refractivity contribution in [1.82, 2.24) is 0 Å². The standard InChI is InChI=1S/C2H11N2P/c1-5(2,3)4/h5H,3-4H2,1-2H3. The maximum absolute atomic E-state index is 5.27. The molecular formula is C2H11N2P. The predicted molar refractivity (Wildman–Crippen MR) is 28.5 cm³/mol. The van der Waals surface area contributed by atoms with Crippen LogP contribution < -0.4 is 11.0 Å². The summed E-state index contributed by atoms with van der Waals surface area (Å²) in [6.45, 7) is 3.76. The van der Waals surface area contributed by atoms with Crippen LogP contribution >= 0.6 is 7.56 Å². The fraction of sp³-hybridized carbons (Fsp3) is 1.00. The van der Waals surface area contributed by atoms with Crippen molar-refractivity contribution < 1.29 is 0 Å². The molecule has 4 N–H and O–H groups in total. The molecule has 34 valence electrons. The Labute approximate surface area is 33.0 Å². The summed E-state index contributed by atoms with van der Waals surface area (Å²) in [5.41, 5.74) is 10.5. The second-order valence-electron chi connectivity index (χ2n) is 1.82. The molecule has 0 aromatic carbocycles. The molecular weight excluding hydrogens is 83.0 g/mol. The Bertz CT molecular complexity index is 23.1. The van der Waals surface area contributed by atoms with Gasteiger partial charge in [0.15, 0.2) is 0 Å². The third kappa shape index (κ3) is 196. The second-order valence-corrected chi connectivity index (χ2v) is 5.46. The molecule has 0 rings (SSSR count). The van der Waals surface area contributed by atoms with Crippen molar-refractivity contribution in [3.05, 3.63) is 0 Å². The Kier molecular flexibility index (Phi) is 1.30. The fourth-order valence-corrected chi connectivity index (χ4v) is 0. The van der Waals surface area contributed by atoms with E-state index < -0.39 is 7.56 Å². The van der Waals surface area contributed by atoms with Gasteiger partial charge in [0.1, 0.15) is 0 Å². The third-order valence-corrected chi connectivity index (χ3v) is 0. The van der Waals surface area contributed by atoms with Gasteiger partial charge >= 0.3 is 31.9 Å². The first-order chi connectivity index (χ1) is 2.00. The molecule has 0 aliphatic carbocycles. The van der Waals surface area contributed by atoms with Gasteiger partial charge in [-0.15, -0.1) is 0 Å². The molecule has 0 radical (unpaired) electrons. The zero-order valence-corrected chi connectivity index (χ0v) is 4.65. The van der Waals surface area contributed by atoms with E-state index in [-0.39, 0.29) is 0 Å². The molecule has 0 bridgehead atoms. The van der Waals surface area contributed by atoms with Crippen molar-refractivity contribution in [2.45, 2.75) is 0 Å². The van der Waals surface area contributed by atoms with E-state index in [1.165, 1.54) is 0 Å². The molecule has 0 saturated carbocycles. The van der Waals surface area contributed by atoms with E-state index in [2.05, 4.69) is 0 Å². The van der Waals surface area contributed by atoms with Gasteiger partial charge in [0.25, 0.3) is 0 Å². The van der Waals surface area contributed by atoms with Gasteiger partial charge in [-0.25, -0.2) is 0 Å². The van der Waals surface area contributed by atoms with E-state index in [1.807, 2.05) is 13.3 Å². The maximum atomic E-state index is 5.27. The normalized spacial score (nSPS) is 15.2. The van der Waals surface area contributed by atoms with Gasteiger partial charge in [-0.2, -0.15) is 0 Å². The minimum atomic E-state index is -1.61. The van der Waals surface area contributed by atoms with Crippen LogP contribution in [0.25, 0.3) is 0 Å². The average molecular weight is 94.1 g/mol. The molecule has 2 nitrogen and oxygen atoms in total. The van der Waals surface area contributed by atoms with Crippen LogP contribution in [0.5, 0.6) is 0 Å². The second kappa shape index (κ2) is 1.21. The zero-order chi connectivity index (χ0) is 4.50. The van der Waals surface area contributed by atoms with Crippen LogP contribution in [-0.4, -0.2) is 13.3 Å². The molecule has 0 aromatic rings. The number of hydrogen-bond acceptors (Lipinski definition) is 2.